The van der Waals surface area contributed by atoms with E-state index in [-0.39, 0.29) is 18.3 Å². The van der Waals surface area contributed by atoms with Crippen molar-refractivity contribution in [3.63, 3.8) is 0 Å². The van der Waals surface area contributed by atoms with Gasteiger partial charge in [-0.15, -0.1) is 0 Å². The summed E-state index contributed by atoms with van der Waals surface area (Å²) in [4.78, 5) is 0. The fourth-order valence-electron chi connectivity index (χ4n) is 1.84. The van der Waals surface area contributed by atoms with Crippen molar-refractivity contribution in [3.05, 3.63) is 12.1 Å². The second-order valence-corrected chi connectivity index (χ2v) is 15.2. The Morgan fingerprint density at radius 2 is 1.50 bits per heavy atom. The predicted octanol–water partition coefficient (Wildman–Crippen LogP) is 1.59. The van der Waals surface area contributed by atoms with E-state index in [1.165, 1.54) is 4.34 Å². The van der Waals surface area contributed by atoms with Gasteiger partial charge in [0.2, 0.25) is 0 Å². The quantitative estimate of drug-likeness (QED) is 0.767. The third kappa shape index (κ3) is 2.57. The van der Waals surface area contributed by atoms with Gasteiger partial charge in [-0.25, -0.2) is 0 Å². The zero-order chi connectivity index (χ0) is 13.8. The van der Waals surface area contributed by atoms with Gasteiger partial charge in [-0.2, -0.15) is 0 Å². The third-order valence-electron chi connectivity index (χ3n) is 3.85. The van der Waals surface area contributed by atoms with Crippen molar-refractivity contribution >= 4 is 38.1 Å². The van der Waals surface area contributed by atoms with Crippen molar-refractivity contribution in [1.82, 2.24) is 0 Å². The van der Waals surface area contributed by atoms with E-state index in [0.717, 1.165) is 0 Å². The van der Waals surface area contributed by atoms with Crippen molar-refractivity contribution in [2.45, 2.75) is 58.5 Å². The Labute approximate surface area is 118 Å². The molecule has 0 N–H and O–H groups in total. The van der Waals surface area contributed by atoms with E-state index in [0.29, 0.717) is 14.5 Å². The summed E-state index contributed by atoms with van der Waals surface area (Å²) in [5, 5.41) is 0. The standard InChI is InChI=1S/C13H23BO2SeSi/c1-12(2)13(3,4)16-14(15-12)10-8-9-11(17-10)18(5,6)7/h8-9H,1-7H3. The second-order valence-electron chi connectivity index (χ2n) is 7.04. The van der Waals surface area contributed by atoms with Crippen LogP contribution < -0.4 is 8.40 Å². The van der Waals surface area contributed by atoms with Gasteiger partial charge in [0, 0.05) is 0 Å². The molecule has 0 saturated carbocycles. The molecule has 1 saturated heterocycles. The average molecular weight is 329 g/mol. The van der Waals surface area contributed by atoms with Crippen molar-refractivity contribution in [2.24, 2.45) is 0 Å². The van der Waals surface area contributed by atoms with Crippen LogP contribution in [-0.2, 0) is 9.31 Å². The van der Waals surface area contributed by atoms with Crippen LogP contribution in [0.5, 0.6) is 0 Å². The Morgan fingerprint density at radius 3 is 1.89 bits per heavy atom. The van der Waals surface area contributed by atoms with E-state index in [1.54, 1.807) is 4.06 Å². The van der Waals surface area contributed by atoms with Crippen LogP contribution in [0.25, 0.3) is 0 Å². The average Bonchev–Trinajstić information content (AvgIpc) is 2.69. The maximum absolute atomic E-state index is 6.12. The summed E-state index contributed by atoms with van der Waals surface area (Å²) in [6, 6.07) is 4.54. The molecule has 0 bridgehead atoms. The van der Waals surface area contributed by atoms with E-state index in [4.69, 9.17) is 9.31 Å². The van der Waals surface area contributed by atoms with Crippen molar-refractivity contribution in [1.29, 1.82) is 0 Å². The monoisotopic (exact) mass is 330 g/mol. The molecule has 2 heterocycles. The van der Waals surface area contributed by atoms with E-state index < -0.39 is 8.07 Å². The van der Waals surface area contributed by atoms with Gasteiger partial charge in [-0.1, -0.05) is 0 Å². The van der Waals surface area contributed by atoms with E-state index in [9.17, 15) is 0 Å². The molecule has 0 aliphatic carbocycles. The molecule has 2 nitrogen and oxygen atoms in total. The van der Waals surface area contributed by atoms with E-state index in [2.05, 4.69) is 59.5 Å². The summed E-state index contributed by atoms with van der Waals surface area (Å²) < 4.78 is 15.2. The van der Waals surface area contributed by atoms with Gasteiger partial charge >= 0.3 is 118 Å². The van der Waals surface area contributed by atoms with Gasteiger partial charge in [-0.05, 0) is 0 Å². The Kier molecular flexibility index (Phi) is 3.53. The minimum absolute atomic E-state index is 0.139. The molecule has 0 spiro atoms. The molecule has 1 aliphatic heterocycles. The van der Waals surface area contributed by atoms with Crippen molar-refractivity contribution in [3.8, 4) is 0 Å². The first-order chi connectivity index (χ1) is 8.03. The predicted molar refractivity (Wildman–Crippen MR) is 82.1 cm³/mol. The molecule has 0 radical (unpaired) electrons. The van der Waals surface area contributed by atoms with Crippen molar-refractivity contribution in [2.75, 3.05) is 0 Å². The fraction of sp³-hybridized carbons (Fsp3) is 0.692. The van der Waals surface area contributed by atoms with Gasteiger partial charge in [0.25, 0.3) is 0 Å². The summed E-state index contributed by atoms with van der Waals surface area (Å²) in [6.07, 6.45) is 0. The Bertz CT molecular complexity index is 432. The number of hydrogen-bond acceptors (Lipinski definition) is 2. The molecule has 1 aromatic heterocycles. The Morgan fingerprint density at radius 1 is 1.00 bits per heavy atom. The van der Waals surface area contributed by atoms with Crippen LogP contribution in [0.2, 0.25) is 19.6 Å². The van der Waals surface area contributed by atoms with Gasteiger partial charge < -0.3 is 0 Å². The number of rotatable bonds is 2. The molecule has 1 aromatic rings. The molecule has 0 amide bonds. The summed E-state index contributed by atoms with van der Waals surface area (Å²) in [5.74, 6) is 0. The molecule has 1 fully saturated rings. The molecule has 1 aliphatic rings. The summed E-state index contributed by atoms with van der Waals surface area (Å²) in [6.45, 7) is 15.7. The van der Waals surface area contributed by atoms with E-state index in [1.807, 2.05) is 0 Å². The zero-order valence-corrected chi connectivity index (χ0v) is 15.2. The van der Waals surface area contributed by atoms with Crippen LogP contribution in [0, 0.1) is 0 Å². The summed E-state index contributed by atoms with van der Waals surface area (Å²) >= 11 is 0.422. The number of hydrogen-bond donors (Lipinski definition) is 0. The second kappa shape index (κ2) is 4.35. The normalized spacial score (nSPS) is 22.5. The summed E-state index contributed by atoms with van der Waals surface area (Å²) in [7, 11) is -1.30. The third-order valence-corrected chi connectivity index (χ3v) is 11.8. The molecular weight excluding hydrogens is 306 g/mol. The van der Waals surface area contributed by atoms with Crippen molar-refractivity contribution < 1.29 is 9.31 Å². The Balaban J connectivity index is 2.23. The minimum atomic E-state index is -1.16. The molecule has 5 heteroatoms. The molecule has 2 rings (SSSR count). The van der Waals surface area contributed by atoms with Crippen LogP contribution in [0.3, 0.4) is 0 Å². The first-order valence-corrected chi connectivity index (χ1v) is 11.7. The molecule has 18 heavy (non-hydrogen) atoms. The first kappa shape index (κ1) is 14.6. The maximum atomic E-state index is 6.12. The topological polar surface area (TPSA) is 18.5 Å². The van der Waals surface area contributed by atoms with Gasteiger partial charge in [-0.3, -0.25) is 0 Å². The first-order valence-electron chi connectivity index (χ1n) is 6.49. The molecule has 0 aromatic carbocycles. The van der Waals surface area contributed by atoms with Crippen LogP contribution >= 0.6 is 0 Å². The molecule has 0 unspecified atom stereocenters. The zero-order valence-electron chi connectivity index (χ0n) is 12.5. The van der Waals surface area contributed by atoms with E-state index >= 15 is 0 Å². The fourth-order valence-corrected chi connectivity index (χ4v) is 6.78. The van der Waals surface area contributed by atoms with Gasteiger partial charge in [0.05, 0.1) is 0 Å². The molecule has 100 valence electrons. The van der Waals surface area contributed by atoms with Crippen LogP contribution in [0.4, 0.5) is 0 Å². The SMILES string of the molecule is CC1(C)OB(c2ccc([Si](C)(C)C)[se]2)OC1(C)C. The van der Waals surface area contributed by atoms with Crippen LogP contribution in [0.15, 0.2) is 12.1 Å². The van der Waals surface area contributed by atoms with Gasteiger partial charge in [0.1, 0.15) is 0 Å². The molecule has 0 atom stereocenters. The van der Waals surface area contributed by atoms with Crippen LogP contribution in [-0.4, -0.2) is 40.9 Å². The Hall–Kier alpha value is 0.201. The summed E-state index contributed by atoms with van der Waals surface area (Å²) in [5.41, 5.74) is -0.451. The molecular formula is C13H23BO2SeSi. The van der Waals surface area contributed by atoms with Crippen LogP contribution in [0.1, 0.15) is 27.7 Å². The van der Waals surface area contributed by atoms with Gasteiger partial charge in [0.15, 0.2) is 0 Å².